The van der Waals surface area contributed by atoms with Crippen LogP contribution in [0.25, 0.3) is 0 Å². The normalized spacial score (nSPS) is 16.0. The average Bonchev–Trinajstić information content (AvgIpc) is 2.44. The zero-order chi connectivity index (χ0) is 15.5. The second-order valence-electron chi connectivity index (χ2n) is 5.45. The third kappa shape index (κ3) is 3.59. The highest BCUT2D eigenvalue weighted by Crippen LogP contribution is 2.19. The number of amides is 2. The minimum atomic E-state index is -0.254. The van der Waals surface area contributed by atoms with Gasteiger partial charge in [0.15, 0.2) is 0 Å². The molecule has 1 aromatic carbocycles. The quantitative estimate of drug-likeness (QED) is 0.745. The van der Waals surface area contributed by atoms with Gasteiger partial charge in [-0.3, -0.25) is 9.59 Å². The van der Waals surface area contributed by atoms with Crippen molar-refractivity contribution in [3.63, 3.8) is 0 Å². The lowest BCUT2D eigenvalue weighted by molar-refractivity contribution is -0.130. The van der Waals surface area contributed by atoms with E-state index >= 15 is 0 Å². The summed E-state index contributed by atoms with van der Waals surface area (Å²) in [4.78, 5) is 23.7. The lowest BCUT2D eigenvalue weighted by Gasteiger charge is -2.38. The Labute approximate surface area is 124 Å². The van der Waals surface area contributed by atoms with E-state index in [1.165, 1.54) is 0 Å². The van der Waals surface area contributed by atoms with Crippen molar-refractivity contribution in [2.24, 2.45) is 0 Å². The maximum absolute atomic E-state index is 11.9. The predicted octanol–water partition coefficient (Wildman–Crippen LogP) is 0.672. The van der Waals surface area contributed by atoms with Crippen LogP contribution in [0.5, 0.6) is 0 Å². The first-order valence-electron chi connectivity index (χ1n) is 6.91. The van der Waals surface area contributed by atoms with E-state index in [0.29, 0.717) is 11.3 Å². The summed E-state index contributed by atoms with van der Waals surface area (Å²) in [6.07, 6.45) is 0. The Morgan fingerprint density at radius 3 is 2.67 bits per heavy atom. The van der Waals surface area contributed by atoms with Crippen molar-refractivity contribution in [2.75, 3.05) is 32.1 Å². The number of ether oxygens (including phenoxy) is 1. The van der Waals surface area contributed by atoms with E-state index in [1.807, 2.05) is 6.92 Å². The van der Waals surface area contributed by atoms with Crippen LogP contribution < -0.4 is 16.0 Å². The fourth-order valence-corrected chi connectivity index (χ4v) is 2.16. The zero-order valence-electron chi connectivity index (χ0n) is 12.6. The molecule has 6 heteroatoms. The summed E-state index contributed by atoms with van der Waals surface area (Å²) in [5, 5.41) is 8.48. The van der Waals surface area contributed by atoms with Crippen LogP contribution in [0.4, 0.5) is 5.69 Å². The highest BCUT2D eigenvalue weighted by atomic mass is 16.5. The van der Waals surface area contributed by atoms with E-state index in [2.05, 4.69) is 16.0 Å². The zero-order valence-corrected chi connectivity index (χ0v) is 12.6. The van der Waals surface area contributed by atoms with Crippen LogP contribution in [-0.2, 0) is 9.53 Å². The van der Waals surface area contributed by atoms with Crippen LogP contribution >= 0.6 is 0 Å². The molecule has 1 heterocycles. The Kier molecular flexibility index (Phi) is 4.59. The molecule has 0 saturated carbocycles. The summed E-state index contributed by atoms with van der Waals surface area (Å²) >= 11 is 0. The van der Waals surface area contributed by atoms with Crippen LogP contribution in [0, 0.1) is 6.92 Å². The van der Waals surface area contributed by atoms with Crippen LogP contribution in [0.15, 0.2) is 18.2 Å². The molecule has 0 radical (unpaired) electrons. The fraction of sp³-hybridized carbons (Fsp3) is 0.467. The van der Waals surface area contributed by atoms with Gasteiger partial charge in [-0.15, -0.1) is 0 Å². The number of benzene rings is 1. The van der Waals surface area contributed by atoms with Crippen molar-refractivity contribution >= 4 is 17.5 Å². The highest BCUT2D eigenvalue weighted by molar-refractivity contribution is 5.99. The summed E-state index contributed by atoms with van der Waals surface area (Å²) in [6.45, 7) is 5.28. The Hall–Kier alpha value is -1.92. The molecule has 1 aromatic rings. The van der Waals surface area contributed by atoms with Crippen molar-refractivity contribution in [3.05, 3.63) is 29.3 Å². The first-order valence-corrected chi connectivity index (χ1v) is 6.91. The van der Waals surface area contributed by atoms with E-state index in [1.54, 1.807) is 32.2 Å². The van der Waals surface area contributed by atoms with E-state index in [0.717, 1.165) is 18.7 Å². The lowest BCUT2D eigenvalue weighted by Crippen LogP contribution is -2.59. The molecule has 1 saturated heterocycles. The second kappa shape index (κ2) is 6.24. The fourth-order valence-electron chi connectivity index (χ4n) is 2.16. The molecule has 2 rings (SSSR count). The SMILES string of the molecule is CNC(=O)c1cccc(NC(=O)COC2(C)CNC2)c1C. The summed E-state index contributed by atoms with van der Waals surface area (Å²) < 4.78 is 5.58. The molecule has 21 heavy (non-hydrogen) atoms. The monoisotopic (exact) mass is 291 g/mol. The summed E-state index contributed by atoms with van der Waals surface area (Å²) in [5.41, 5.74) is 1.66. The first kappa shape index (κ1) is 15.5. The smallest absolute Gasteiger partial charge is 0.251 e. The van der Waals surface area contributed by atoms with Crippen LogP contribution in [-0.4, -0.2) is 44.2 Å². The molecular formula is C15H21N3O3. The van der Waals surface area contributed by atoms with Crippen molar-refractivity contribution in [1.29, 1.82) is 0 Å². The molecular weight excluding hydrogens is 270 g/mol. The standard InChI is InChI=1S/C15H21N3O3/c1-10-11(14(20)16-3)5-4-6-12(10)18-13(19)7-21-15(2)8-17-9-15/h4-6,17H,7-9H2,1-3H3,(H,16,20)(H,18,19). The molecule has 0 unspecified atom stereocenters. The minimum Gasteiger partial charge on any atom is -0.363 e. The van der Waals surface area contributed by atoms with Gasteiger partial charge in [-0.2, -0.15) is 0 Å². The summed E-state index contributed by atoms with van der Waals surface area (Å²) in [6, 6.07) is 5.24. The highest BCUT2D eigenvalue weighted by Gasteiger charge is 2.33. The van der Waals surface area contributed by atoms with E-state index in [-0.39, 0.29) is 24.0 Å². The van der Waals surface area contributed by atoms with Gasteiger partial charge in [0.05, 0.1) is 5.60 Å². The average molecular weight is 291 g/mol. The van der Waals surface area contributed by atoms with Gasteiger partial charge in [-0.1, -0.05) is 6.07 Å². The molecule has 3 N–H and O–H groups in total. The molecule has 0 aromatic heterocycles. The second-order valence-corrected chi connectivity index (χ2v) is 5.45. The van der Waals surface area contributed by atoms with Gasteiger partial charge >= 0.3 is 0 Å². The van der Waals surface area contributed by atoms with Crippen LogP contribution in [0.3, 0.4) is 0 Å². The molecule has 1 aliphatic heterocycles. The summed E-state index contributed by atoms with van der Waals surface area (Å²) in [7, 11) is 1.58. The maximum Gasteiger partial charge on any atom is 0.251 e. The molecule has 6 nitrogen and oxygen atoms in total. The van der Waals surface area contributed by atoms with Crippen LogP contribution in [0.2, 0.25) is 0 Å². The number of anilines is 1. The van der Waals surface area contributed by atoms with Crippen molar-refractivity contribution in [1.82, 2.24) is 10.6 Å². The van der Waals surface area contributed by atoms with Gasteiger partial charge < -0.3 is 20.7 Å². The van der Waals surface area contributed by atoms with Gasteiger partial charge in [-0.05, 0) is 31.5 Å². The van der Waals surface area contributed by atoms with Crippen molar-refractivity contribution < 1.29 is 14.3 Å². The number of hydrogen-bond acceptors (Lipinski definition) is 4. The molecule has 1 aliphatic rings. The number of rotatable bonds is 5. The summed E-state index contributed by atoms with van der Waals surface area (Å²) in [5.74, 6) is -0.395. The Bertz CT molecular complexity index is 553. The Balaban J connectivity index is 1.98. The number of hydrogen-bond donors (Lipinski definition) is 3. The third-order valence-electron chi connectivity index (χ3n) is 3.63. The molecule has 0 spiro atoms. The molecule has 0 bridgehead atoms. The minimum absolute atomic E-state index is 0.00181. The molecule has 0 aliphatic carbocycles. The predicted molar refractivity (Wildman–Crippen MR) is 80.4 cm³/mol. The molecule has 1 fully saturated rings. The third-order valence-corrected chi connectivity index (χ3v) is 3.63. The lowest BCUT2D eigenvalue weighted by atomic mass is 10.0. The van der Waals surface area contributed by atoms with Gasteiger partial charge in [0.25, 0.3) is 5.91 Å². The van der Waals surface area contributed by atoms with Gasteiger partial charge in [0, 0.05) is 31.4 Å². The largest absolute Gasteiger partial charge is 0.363 e. The molecule has 114 valence electrons. The number of carbonyl (C=O) groups is 2. The first-order chi connectivity index (χ1) is 9.95. The Morgan fingerprint density at radius 1 is 1.38 bits per heavy atom. The topological polar surface area (TPSA) is 79.5 Å². The maximum atomic E-state index is 11.9. The van der Waals surface area contributed by atoms with Crippen molar-refractivity contribution in [3.8, 4) is 0 Å². The van der Waals surface area contributed by atoms with Crippen LogP contribution in [0.1, 0.15) is 22.8 Å². The van der Waals surface area contributed by atoms with Gasteiger partial charge in [0.1, 0.15) is 6.61 Å². The Morgan fingerprint density at radius 2 is 2.10 bits per heavy atom. The van der Waals surface area contributed by atoms with Gasteiger partial charge in [-0.25, -0.2) is 0 Å². The number of carbonyl (C=O) groups excluding carboxylic acids is 2. The van der Waals surface area contributed by atoms with E-state index < -0.39 is 0 Å². The van der Waals surface area contributed by atoms with Crippen molar-refractivity contribution in [2.45, 2.75) is 19.4 Å². The molecule has 2 amide bonds. The van der Waals surface area contributed by atoms with E-state index in [9.17, 15) is 9.59 Å². The van der Waals surface area contributed by atoms with Gasteiger partial charge in [0.2, 0.25) is 5.91 Å². The van der Waals surface area contributed by atoms with E-state index in [4.69, 9.17) is 4.74 Å². The molecule has 0 atom stereocenters. The number of nitrogens with one attached hydrogen (secondary N) is 3.